The van der Waals surface area contributed by atoms with Gasteiger partial charge in [0.1, 0.15) is 0 Å². The van der Waals surface area contributed by atoms with Crippen LogP contribution < -0.4 is 0 Å². The smallest absolute Gasteiger partial charge is 0.176 e. The van der Waals surface area contributed by atoms with Crippen LogP contribution in [0.2, 0.25) is 0 Å². The summed E-state index contributed by atoms with van der Waals surface area (Å²) in [5.41, 5.74) is 0.779. The lowest BCUT2D eigenvalue weighted by molar-refractivity contribution is 0.0852. The van der Waals surface area contributed by atoms with Crippen molar-refractivity contribution >= 4 is 17.5 Å². The number of methoxy groups -OCH3 is 1. The summed E-state index contributed by atoms with van der Waals surface area (Å²) in [6.45, 7) is 6.07. The minimum Gasteiger partial charge on any atom is -0.383 e. The van der Waals surface area contributed by atoms with E-state index in [9.17, 15) is 4.79 Å². The molecule has 0 unspecified atom stereocenters. The molecule has 0 N–H and O–H groups in total. The number of carbonyl (C=O) groups is 1. The molecule has 1 rings (SSSR count). The largest absolute Gasteiger partial charge is 0.383 e. The highest BCUT2D eigenvalue weighted by molar-refractivity contribution is 7.98. The van der Waals surface area contributed by atoms with E-state index in [-0.39, 0.29) is 5.78 Å². The van der Waals surface area contributed by atoms with Crippen LogP contribution in [0.3, 0.4) is 0 Å². The molecule has 19 heavy (non-hydrogen) atoms. The van der Waals surface area contributed by atoms with E-state index in [0.29, 0.717) is 19.2 Å². The van der Waals surface area contributed by atoms with Gasteiger partial charge in [0, 0.05) is 30.2 Å². The van der Waals surface area contributed by atoms with Crippen molar-refractivity contribution in [1.29, 1.82) is 0 Å². The van der Waals surface area contributed by atoms with E-state index in [1.807, 2.05) is 30.5 Å². The topological polar surface area (TPSA) is 29.5 Å². The summed E-state index contributed by atoms with van der Waals surface area (Å²) in [6.07, 6.45) is 2.03. The number of nitrogens with zero attached hydrogens (tertiary/aromatic N) is 1. The number of thioether (sulfide) groups is 1. The minimum atomic E-state index is 0.164. The van der Waals surface area contributed by atoms with Gasteiger partial charge in [0.2, 0.25) is 0 Å². The van der Waals surface area contributed by atoms with Crippen LogP contribution in [-0.4, -0.2) is 49.8 Å². The summed E-state index contributed by atoms with van der Waals surface area (Å²) >= 11 is 1.68. The molecule has 0 amide bonds. The number of Topliss-reactive ketones (excluding diaryl/α,β-unsaturated/α-hetero) is 1. The molecular formula is C15H23NO2S. The van der Waals surface area contributed by atoms with Crippen molar-refractivity contribution in [3.63, 3.8) is 0 Å². The van der Waals surface area contributed by atoms with Crippen LogP contribution in [0.5, 0.6) is 0 Å². The molecule has 0 heterocycles. The molecule has 0 fully saturated rings. The number of hydrogen-bond acceptors (Lipinski definition) is 4. The highest BCUT2D eigenvalue weighted by Gasteiger charge is 2.15. The average Bonchev–Trinajstić information content (AvgIpc) is 2.43. The second-order valence-electron chi connectivity index (χ2n) is 4.71. The third kappa shape index (κ3) is 5.35. The third-order valence-corrected chi connectivity index (χ3v) is 3.82. The molecule has 0 aliphatic heterocycles. The molecule has 0 aromatic heterocycles. The highest BCUT2D eigenvalue weighted by atomic mass is 32.2. The Bertz CT molecular complexity index is 390. The summed E-state index contributed by atoms with van der Waals surface area (Å²) < 4.78 is 5.08. The predicted molar refractivity (Wildman–Crippen MR) is 81.1 cm³/mol. The van der Waals surface area contributed by atoms with E-state index < -0.39 is 0 Å². The molecule has 0 aliphatic rings. The summed E-state index contributed by atoms with van der Waals surface area (Å²) in [5, 5.41) is 0. The van der Waals surface area contributed by atoms with Crippen molar-refractivity contribution in [2.75, 3.05) is 33.1 Å². The molecule has 0 bridgehead atoms. The fourth-order valence-corrected chi connectivity index (χ4v) is 2.19. The molecule has 0 spiro atoms. The van der Waals surface area contributed by atoms with Gasteiger partial charge in [-0.2, -0.15) is 0 Å². The Morgan fingerprint density at radius 3 is 2.42 bits per heavy atom. The van der Waals surface area contributed by atoms with Gasteiger partial charge in [-0.05, 0) is 32.2 Å². The van der Waals surface area contributed by atoms with Crippen LogP contribution in [0.25, 0.3) is 0 Å². The molecular weight excluding hydrogens is 258 g/mol. The number of carbonyl (C=O) groups excluding carboxylic acids is 1. The predicted octanol–water partition coefficient (Wildman–Crippen LogP) is 2.95. The highest BCUT2D eigenvalue weighted by Crippen LogP contribution is 2.15. The van der Waals surface area contributed by atoms with E-state index in [0.717, 1.165) is 12.1 Å². The fraction of sp³-hybridized carbons (Fsp3) is 0.533. The van der Waals surface area contributed by atoms with Gasteiger partial charge in [-0.15, -0.1) is 11.8 Å². The first-order valence-corrected chi connectivity index (χ1v) is 7.71. The van der Waals surface area contributed by atoms with Crippen LogP contribution >= 0.6 is 11.8 Å². The lowest BCUT2D eigenvalue weighted by Gasteiger charge is -2.25. The normalized spacial score (nSPS) is 11.3. The quantitative estimate of drug-likeness (QED) is 0.541. The molecule has 0 radical (unpaired) electrons. The summed E-state index contributed by atoms with van der Waals surface area (Å²) in [4.78, 5) is 15.5. The van der Waals surface area contributed by atoms with Crippen LogP contribution in [0.15, 0.2) is 29.2 Å². The van der Waals surface area contributed by atoms with Crippen LogP contribution in [0.1, 0.15) is 24.2 Å². The van der Waals surface area contributed by atoms with Crippen molar-refractivity contribution in [1.82, 2.24) is 4.90 Å². The van der Waals surface area contributed by atoms with E-state index in [1.165, 1.54) is 4.90 Å². The number of benzene rings is 1. The maximum atomic E-state index is 12.2. The van der Waals surface area contributed by atoms with Gasteiger partial charge in [0.05, 0.1) is 13.2 Å². The summed E-state index contributed by atoms with van der Waals surface area (Å²) in [5.74, 6) is 0.164. The third-order valence-electron chi connectivity index (χ3n) is 3.07. The molecule has 1 aromatic rings. The minimum absolute atomic E-state index is 0.164. The first kappa shape index (κ1) is 16.2. The molecule has 0 saturated heterocycles. The Hall–Kier alpha value is -0.840. The summed E-state index contributed by atoms with van der Waals surface area (Å²) in [6, 6.07) is 8.13. The number of hydrogen-bond donors (Lipinski definition) is 0. The maximum Gasteiger partial charge on any atom is 0.176 e. The standard InChI is InChI=1S/C15H23NO2S/c1-12(2)16(9-10-18-3)11-15(17)13-5-7-14(19-4)8-6-13/h5-8,12H,9-11H2,1-4H3. The second kappa shape index (κ2) is 8.35. The van der Waals surface area contributed by atoms with Gasteiger partial charge in [-0.3, -0.25) is 9.69 Å². The van der Waals surface area contributed by atoms with E-state index in [1.54, 1.807) is 18.9 Å². The van der Waals surface area contributed by atoms with Gasteiger partial charge >= 0.3 is 0 Å². The molecule has 3 nitrogen and oxygen atoms in total. The molecule has 1 aromatic carbocycles. The van der Waals surface area contributed by atoms with Gasteiger partial charge in [-0.1, -0.05) is 12.1 Å². The Morgan fingerprint density at radius 2 is 1.95 bits per heavy atom. The second-order valence-corrected chi connectivity index (χ2v) is 5.59. The average molecular weight is 281 g/mol. The zero-order chi connectivity index (χ0) is 14.3. The van der Waals surface area contributed by atoms with Crippen molar-refractivity contribution in [3.05, 3.63) is 29.8 Å². The Balaban J connectivity index is 2.64. The van der Waals surface area contributed by atoms with E-state index in [4.69, 9.17) is 4.74 Å². The van der Waals surface area contributed by atoms with Crippen LogP contribution in [-0.2, 0) is 4.74 Å². The Labute approximate surface area is 120 Å². The van der Waals surface area contributed by atoms with E-state index in [2.05, 4.69) is 18.7 Å². The van der Waals surface area contributed by atoms with Crippen molar-refractivity contribution in [2.24, 2.45) is 0 Å². The molecule has 106 valence electrons. The lowest BCUT2D eigenvalue weighted by Crippen LogP contribution is -2.38. The zero-order valence-electron chi connectivity index (χ0n) is 12.2. The Morgan fingerprint density at radius 1 is 1.32 bits per heavy atom. The number of rotatable bonds is 8. The monoisotopic (exact) mass is 281 g/mol. The number of ether oxygens (including phenoxy) is 1. The molecule has 0 atom stereocenters. The SMILES string of the molecule is COCCN(CC(=O)c1ccc(SC)cc1)C(C)C. The molecule has 0 aliphatic carbocycles. The van der Waals surface area contributed by atoms with Gasteiger partial charge in [-0.25, -0.2) is 0 Å². The lowest BCUT2D eigenvalue weighted by atomic mass is 10.1. The van der Waals surface area contributed by atoms with E-state index >= 15 is 0 Å². The zero-order valence-corrected chi connectivity index (χ0v) is 13.0. The maximum absolute atomic E-state index is 12.2. The van der Waals surface area contributed by atoms with Crippen LogP contribution in [0.4, 0.5) is 0 Å². The van der Waals surface area contributed by atoms with Gasteiger partial charge in [0.25, 0.3) is 0 Å². The summed E-state index contributed by atoms with van der Waals surface area (Å²) in [7, 11) is 1.68. The van der Waals surface area contributed by atoms with Crippen molar-refractivity contribution in [2.45, 2.75) is 24.8 Å². The number of ketones is 1. The van der Waals surface area contributed by atoms with Crippen molar-refractivity contribution < 1.29 is 9.53 Å². The van der Waals surface area contributed by atoms with Gasteiger partial charge < -0.3 is 4.74 Å². The molecule has 4 heteroatoms. The Kier molecular flexibility index (Phi) is 7.13. The van der Waals surface area contributed by atoms with Gasteiger partial charge in [0.15, 0.2) is 5.78 Å². The van der Waals surface area contributed by atoms with Crippen LogP contribution in [0, 0.1) is 0 Å². The van der Waals surface area contributed by atoms with Crippen molar-refractivity contribution in [3.8, 4) is 0 Å². The first-order chi connectivity index (χ1) is 9.08. The fourth-order valence-electron chi connectivity index (χ4n) is 1.78. The molecule has 0 saturated carbocycles. The first-order valence-electron chi connectivity index (χ1n) is 6.48.